The second-order valence-electron chi connectivity index (χ2n) is 7.52. The van der Waals surface area contributed by atoms with E-state index in [0.29, 0.717) is 5.69 Å². The number of rotatable bonds is 6. The fraction of sp³-hybridized carbons (Fsp3) is 0.474. The maximum atomic E-state index is 15.2. The van der Waals surface area contributed by atoms with Crippen molar-refractivity contribution >= 4 is 29.1 Å². The predicted octanol–water partition coefficient (Wildman–Crippen LogP) is -0.313. The zero-order chi connectivity index (χ0) is 23.9. The number of ether oxygens (including phenoxy) is 3. The number of aryl methyl sites for hydroxylation is 1. The first-order valence-electron chi connectivity index (χ1n) is 9.95. The first-order valence-corrected chi connectivity index (χ1v) is 9.95. The Morgan fingerprint density at radius 2 is 2.12 bits per heavy atom. The summed E-state index contributed by atoms with van der Waals surface area (Å²) in [4.78, 5) is 45.0. The minimum Gasteiger partial charge on any atom is -0.469 e. The van der Waals surface area contributed by atoms with Crippen molar-refractivity contribution in [3.05, 3.63) is 34.6 Å². The zero-order valence-corrected chi connectivity index (χ0v) is 18.0. The Morgan fingerprint density at radius 3 is 2.76 bits per heavy atom. The van der Waals surface area contributed by atoms with Gasteiger partial charge in [0.1, 0.15) is 11.6 Å². The van der Waals surface area contributed by atoms with Gasteiger partial charge in [0.05, 0.1) is 32.0 Å². The molecule has 0 spiro atoms. The number of fused-ring (bicyclic) bond motifs is 1. The third kappa shape index (κ3) is 4.16. The maximum absolute atomic E-state index is 15.2. The van der Waals surface area contributed by atoms with Crippen LogP contribution in [0.15, 0.2) is 23.3 Å². The summed E-state index contributed by atoms with van der Waals surface area (Å²) in [5, 5.41) is 4.27. The first-order chi connectivity index (χ1) is 15.7. The van der Waals surface area contributed by atoms with Crippen LogP contribution in [0.1, 0.15) is 25.3 Å². The number of carbonyl (C=O) groups is 2. The topological polar surface area (TPSA) is 158 Å². The molecule has 4 atom stereocenters. The molecule has 3 aromatic heterocycles. The Hall–Kier alpha value is -3.81. The van der Waals surface area contributed by atoms with Crippen molar-refractivity contribution < 1.29 is 28.2 Å². The first kappa shape index (κ1) is 22.4. The molecule has 1 saturated heterocycles. The monoisotopic (exact) mass is 463 g/mol. The van der Waals surface area contributed by atoms with Crippen LogP contribution in [-0.4, -0.2) is 66.3 Å². The third-order valence-electron chi connectivity index (χ3n) is 5.23. The minimum atomic E-state index is -1.90. The Labute approximate surface area is 185 Å². The number of aromatic nitrogens is 6. The molecule has 0 amide bonds. The van der Waals surface area contributed by atoms with Gasteiger partial charge in [0.2, 0.25) is 5.95 Å². The minimum absolute atomic E-state index is 0.0523. The molecule has 0 radical (unpaired) electrons. The normalized spacial score (nSPS) is 22.5. The summed E-state index contributed by atoms with van der Waals surface area (Å²) in [6.45, 7) is 1.16. The van der Waals surface area contributed by atoms with Crippen molar-refractivity contribution in [2.75, 3.05) is 12.8 Å². The molecule has 0 aromatic carbocycles. The van der Waals surface area contributed by atoms with Gasteiger partial charge in [-0.25, -0.2) is 18.7 Å². The van der Waals surface area contributed by atoms with E-state index in [9.17, 15) is 14.4 Å². The van der Waals surface area contributed by atoms with Crippen molar-refractivity contribution in [1.82, 2.24) is 28.9 Å². The van der Waals surface area contributed by atoms with Gasteiger partial charge >= 0.3 is 17.6 Å². The van der Waals surface area contributed by atoms with Gasteiger partial charge in [-0.05, 0) is 6.07 Å². The van der Waals surface area contributed by atoms with Crippen LogP contribution in [-0.2, 0) is 37.4 Å². The number of anilines is 1. The molecule has 4 rings (SSSR count). The highest BCUT2D eigenvalue weighted by Crippen LogP contribution is 2.36. The molecule has 1 aliphatic rings. The van der Waals surface area contributed by atoms with Gasteiger partial charge in [-0.3, -0.25) is 18.8 Å². The third-order valence-corrected chi connectivity index (χ3v) is 5.23. The number of carbonyl (C=O) groups excluding carboxylic acids is 2. The van der Waals surface area contributed by atoms with Crippen molar-refractivity contribution in [3.63, 3.8) is 0 Å². The number of esters is 2. The van der Waals surface area contributed by atoms with Crippen molar-refractivity contribution in [2.24, 2.45) is 7.05 Å². The van der Waals surface area contributed by atoms with E-state index >= 15 is 4.39 Å². The molecule has 0 unspecified atom stereocenters. The van der Waals surface area contributed by atoms with Crippen LogP contribution in [0.2, 0.25) is 0 Å². The number of methoxy groups -OCH3 is 1. The average molecular weight is 463 g/mol. The maximum Gasteiger partial charge on any atom is 0.333 e. The van der Waals surface area contributed by atoms with E-state index in [0.717, 1.165) is 18.6 Å². The van der Waals surface area contributed by atoms with Crippen LogP contribution in [0, 0.1) is 0 Å². The van der Waals surface area contributed by atoms with Crippen LogP contribution >= 0.6 is 0 Å². The van der Waals surface area contributed by atoms with E-state index < -0.39 is 48.7 Å². The lowest BCUT2D eigenvalue weighted by Crippen LogP contribution is -2.37. The molecule has 176 valence electrons. The van der Waals surface area contributed by atoms with Crippen molar-refractivity contribution in [2.45, 2.75) is 44.5 Å². The van der Waals surface area contributed by atoms with Crippen LogP contribution in [0.5, 0.6) is 0 Å². The number of hydrogen-bond acceptors (Lipinski definition) is 10. The molecule has 13 nitrogen and oxygen atoms in total. The number of hydrogen-bond donors (Lipinski definition) is 1. The van der Waals surface area contributed by atoms with Gasteiger partial charge < -0.3 is 19.9 Å². The average Bonchev–Trinajstić information content (AvgIpc) is 3.38. The number of imidazole rings is 1. The quantitative estimate of drug-likeness (QED) is 0.481. The Kier molecular flexibility index (Phi) is 5.84. The fourth-order valence-electron chi connectivity index (χ4n) is 3.79. The van der Waals surface area contributed by atoms with E-state index in [1.807, 2.05) is 0 Å². The number of nitrogens with zero attached hydrogens (tertiary/aromatic N) is 6. The molecule has 33 heavy (non-hydrogen) atoms. The van der Waals surface area contributed by atoms with E-state index in [-0.39, 0.29) is 23.7 Å². The van der Waals surface area contributed by atoms with Gasteiger partial charge in [0.25, 0.3) is 0 Å². The second kappa shape index (κ2) is 8.61. The number of nitrogens with two attached hydrogens (primary N) is 1. The molecule has 2 N–H and O–H groups in total. The van der Waals surface area contributed by atoms with E-state index in [1.165, 1.54) is 10.8 Å². The molecule has 4 heterocycles. The lowest BCUT2D eigenvalue weighted by Gasteiger charge is -2.19. The molecule has 0 aliphatic carbocycles. The van der Waals surface area contributed by atoms with Gasteiger partial charge in [0, 0.05) is 20.2 Å². The predicted molar refractivity (Wildman–Crippen MR) is 110 cm³/mol. The molecular weight excluding hydrogens is 441 g/mol. The highest BCUT2D eigenvalue weighted by Gasteiger charge is 2.50. The van der Waals surface area contributed by atoms with E-state index in [4.69, 9.17) is 15.2 Å². The summed E-state index contributed by atoms with van der Waals surface area (Å²) in [7, 11) is 2.89. The molecule has 3 aromatic rings. The highest BCUT2D eigenvalue weighted by molar-refractivity contribution is 5.72. The summed E-state index contributed by atoms with van der Waals surface area (Å²) in [6, 6.07) is 1.73. The second-order valence-corrected chi connectivity index (χ2v) is 7.52. The van der Waals surface area contributed by atoms with Gasteiger partial charge in [-0.1, -0.05) is 0 Å². The zero-order valence-electron chi connectivity index (χ0n) is 18.0. The number of alkyl halides is 1. The van der Waals surface area contributed by atoms with Crippen LogP contribution in [0.25, 0.3) is 11.2 Å². The summed E-state index contributed by atoms with van der Waals surface area (Å²) in [5.41, 5.74) is 6.02. The summed E-state index contributed by atoms with van der Waals surface area (Å²) in [6.07, 6.45) is -3.51. The molecule has 14 heteroatoms. The lowest BCUT2D eigenvalue weighted by atomic mass is 10.1. The summed E-state index contributed by atoms with van der Waals surface area (Å²) >= 11 is 0. The van der Waals surface area contributed by atoms with Gasteiger partial charge in [-0.15, -0.1) is 0 Å². The lowest BCUT2D eigenvalue weighted by molar-refractivity contribution is -0.154. The number of halogens is 1. The summed E-state index contributed by atoms with van der Waals surface area (Å²) < 4.78 is 34.6. The fourth-order valence-corrected chi connectivity index (χ4v) is 3.79. The highest BCUT2D eigenvalue weighted by atomic mass is 19.1. The smallest absolute Gasteiger partial charge is 0.333 e. The number of nitrogen functional groups attached to an aromatic ring is 1. The summed E-state index contributed by atoms with van der Waals surface area (Å²) in [5.74, 6) is -1.63. The van der Waals surface area contributed by atoms with Crippen LogP contribution < -0.4 is 11.4 Å². The standard InChI is InChI=1S/C19H22FN7O6/c1-9(28)32-15-14(20)12(6-13(29)31-3)33-17(15)27-16-11(7-22-18(21)23-16)26(19(27)30)8-10-4-5-25(2)24-10/h4-5,7,12,14-15,17H,6,8H2,1-3H3,(H2,21,22,23)/t12-,14-,15-,17-/m1/s1. The van der Waals surface area contributed by atoms with Crippen molar-refractivity contribution in [1.29, 1.82) is 0 Å². The Balaban J connectivity index is 1.83. The Morgan fingerprint density at radius 1 is 1.36 bits per heavy atom. The van der Waals surface area contributed by atoms with Gasteiger partial charge in [-0.2, -0.15) is 10.1 Å². The van der Waals surface area contributed by atoms with Crippen LogP contribution in [0.4, 0.5) is 10.3 Å². The molecule has 1 fully saturated rings. The SMILES string of the molecule is COC(=O)C[C@H]1O[C@@H](n2c(=O)n(Cc3ccn(C)n3)c3cnc(N)nc32)[C@H](OC(C)=O)[C@@H]1F. The van der Waals surface area contributed by atoms with E-state index in [2.05, 4.69) is 19.8 Å². The molecule has 0 saturated carbocycles. The molecular formula is C19H22FN7O6. The molecule has 1 aliphatic heterocycles. The molecule has 0 bridgehead atoms. The Bertz CT molecular complexity index is 1270. The largest absolute Gasteiger partial charge is 0.469 e. The van der Waals surface area contributed by atoms with Gasteiger partial charge in [0.15, 0.2) is 24.2 Å². The van der Waals surface area contributed by atoms with E-state index in [1.54, 1.807) is 24.0 Å². The van der Waals surface area contributed by atoms with Crippen LogP contribution in [0.3, 0.4) is 0 Å². The van der Waals surface area contributed by atoms with Crippen molar-refractivity contribution in [3.8, 4) is 0 Å².